The maximum atomic E-state index is 12.2. The number of hydrogen-bond acceptors (Lipinski definition) is 6. The lowest BCUT2D eigenvalue weighted by molar-refractivity contribution is 0.0958. The Morgan fingerprint density at radius 3 is 2.95 bits per heavy atom. The van der Waals surface area contributed by atoms with E-state index < -0.39 is 0 Å². The van der Waals surface area contributed by atoms with Crippen LogP contribution >= 0.6 is 11.3 Å². The first-order valence-corrected chi connectivity index (χ1v) is 7.31. The molecule has 0 fully saturated rings. The number of amides is 1. The van der Waals surface area contributed by atoms with Crippen molar-refractivity contribution in [3.63, 3.8) is 0 Å². The summed E-state index contributed by atoms with van der Waals surface area (Å²) in [7, 11) is 0. The number of nitrogens with two attached hydrogens (primary N) is 1. The van der Waals surface area contributed by atoms with E-state index in [9.17, 15) is 4.79 Å². The van der Waals surface area contributed by atoms with Crippen molar-refractivity contribution >= 4 is 33.0 Å². The molecule has 0 atom stereocenters. The molecule has 3 N–H and O–H groups in total. The van der Waals surface area contributed by atoms with E-state index in [0.29, 0.717) is 35.2 Å². The number of anilines is 1. The first-order valence-electron chi connectivity index (χ1n) is 6.49. The van der Waals surface area contributed by atoms with E-state index in [1.165, 1.54) is 11.3 Å². The molecule has 3 aromatic rings. The number of hydrogen-bond donors (Lipinski definition) is 2. The highest BCUT2D eigenvalue weighted by Gasteiger charge is 2.15. The number of thiophene rings is 1. The van der Waals surface area contributed by atoms with Gasteiger partial charge in [0.2, 0.25) is 5.89 Å². The maximum absolute atomic E-state index is 12.2. The van der Waals surface area contributed by atoms with Gasteiger partial charge in [-0.1, -0.05) is 23.4 Å². The van der Waals surface area contributed by atoms with Gasteiger partial charge < -0.3 is 15.6 Å². The second kappa shape index (κ2) is 5.53. The van der Waals surface area contributed by atoms with Crippen LogP contribution in [0.5, 0.6) is 0 Å². The Morgan fingerprint density at radius 1 is 1.43 bits per heavy atom. The fourth-order valence-corrected chi connectivity index (χ4v) is 3.08. The molecule has 0 radical (unpaired) electrons. The van der Waals surface area contributed by atoms with Gasteiger partial charge in [-0.05, 0) is 13.0 Å². The first-order chi connectivity index (χ1) is 10.1. The summed E-state index contributed by atoms with van der Waals surface area (Å²) >= 11 is 1.39. The second-order valence-corrected chi connectivity index (χ2v) is 5.63. The van der Waals surface area contributed by atoms with Gasteiger partial charge in [0, 0.05) is 23.1 Å². The number of carbonyl (C=O) groups is 1. The average Bonchev–Trinajstić information content (AvgIpc) is 3.03. The number of aromatic nitrogens is 2. The third-order valence-electron chi connectivity index (χ3n) is 3.03. The maximum Gasteiger partial charge on any atom is 0.263 e. The number of nitrogen functional groups attached to an aromatic ring is 1. The van der Waals surface area contributed by atoms with E-state index in [4.69, 9.17) is 10.3 Å². The number of rotatable bonds is 4. The molecule has 0 bridgehead atoms. The lowest BCUT2D eigenvalue weighted by Crippen LogP contribution is -2.25. The third kappa shape index (κ3) is 2.73. The lowest BCUT2D eigenvalue weighted by Gasteiger charge is -2.02. The highest BCUT2D eigenvalue weighted by molar-refractivity contribution is 7.21. The summed E-state index contributed by atoms with van der Waals surface area (Å²) in [5.41, 5.74) is 6.56. The fourth-order valence-electron chi connectivity index (χ4n) is 2.04. The van der Waals surface area contributed by atoms with Crippen molar-refractivity contribution in [2.75, 3.05) is 12.3 Å². The van der Waals surface area contributed by atoms with Crippen LogP contribution in [-0.2, 0) is 6.42 Å². The summed E-state index contributed by atoms with van der Waals surface area (Å²) in [6.45, 7) is 2.18. The van der Waals surface area contributed by atoms with Crippen LogP contribution in [0.25, 0.3) is 10.1 Å². The Hall–Kier alpha value is -2.41. The summed E-state index contributed by atoms with van der Waals surface area (Å²) in [6.07, 6.45) is 0.497. The van der Waals surface area contributed by atoms with E-state index >= 15 is 0 Å². The normalized spacial score (nSPS) is 10.9. The molecule has 7 heteroatoms. The lowest BCUT2D eigenvalue weighted by atomic mass is 10.2. The first kappa shape index (κ1) is 13.6. The molecule has 0 saturated carbocycles. The highest BCUT2D eigenvalue weighted by Crippen LogP contribution is 2.33. The van der Waals surface area contributed by atoms with Crippen LogP contribution in [0.15, 0.2) is 28.8 Å². The minimum absolute atomic E-state index is 0.176. The van der Waals surface area contributed by atoms with Crippen LogP contribution in [0.4, 0.5) is 5.69 Å². The van der Waals surface area contributed by atoms with Crippen LogP contribution in [0.2, 0.25) is 0 Å². The molecule has 6 nitrogen and oxygen atoms in total. The van der Waals surface area contributed by atoms with Gasteiger partial charge >= 0.3 is 0 Å². The Bertz CT molecular complexity index is 793. The molecule has 1 aromatic carbocycles. The second-order valence-electron chi connectivity index (χ2n) is 4.58. The summed E-state index contributed by atoms with van der Waals surface area (Å²) in [6, 6.07) is 7.70. The fraction of sp³-hybridized carbons (Fsp3) is 0.214. The van der Waals surface area contributed by atoms with Crippen molar-refractivity contribution in [3.8, 4) is 0 Å². The van der Waals surface area contributed by atoms with Gasteiger partial charge in [-0.3, -0.25) is 4.79 Å². The minimum atomic E-state index is -0.176. The van der Waals surface area contributed by atoms with Gasteiger partial charge in [0.15, 0.2) is 5.82 Å². The molecule has 1 amide bonds. The zero-order valence-corrected chi connectivity index (χ0v) is 12.2. The van der Waals surface area contributed by atoms with Crippen molar-refractivity contribution in [1.82, 2.24) is 15.5 Å². The predicted octanol–water partition coefficient (Wildman–Crippen LogP) is 2.15. The zero-order valence-electron chi connectivity index (χ0n) is 11.4. The number of nitrogens with one attached hydrogen (secondary N) is 1. The quantitative estimate of drug-likeness (QED) is 0.770. The van der Waals surface area contributed by atoms with Crippen LogP contribution in [-0.4, -0.2) is 22.6 Å². The van der Waals surface area contributed by atoms with Crippen LogP contribution in [0, 0.1) is 6.92 Å². The van der Waals surface area contributed by atoms with E-state index in [0.717, 1.165) is 10.1 Å². The monoisotopic (exact) mass is 302 g/mol. The molecular formula is C14H14N4O2S. The largest absolute Gasteiger partial charge is 0.397 e. The SMILES string of the molecule is Cc1noc(CCNC(=O)c2sc3ccccc3c2N)n1. The van der Waals surface area contributed by atoms with Gasteiger partial charge in [0.05, 0.1) is 5.69 Å². The highest BCUT2D eigenvalue weighted by atomic mass is 32.1. The molecule has 3 rings (SSSR count). The van der Waals surface area contributed by atoms with Crippen LogP contribution in [0.1, 0.15) is 21.4 Å². The number of benzene rings is 1. The van der Waals surface area contributed by atoms with Gasteiger partial charge in [0.1, 0.15) is 4.88 Å². The molecule has 0 spiro atoms. The van der Waals surface area contributed by atoms with Crippen molar-refractivity contribution in [1.29, 1.82) is 0 Å². The molecule has 21 heavy (non-hydrogen) atoms. The standard InChI is InChI=1S/C14H14N4O2S/c1-8-17-11(20-18-8)6-7-16-14(19)13-12(15)9-4-2-3-5-10(9)21-13/h2-5H,6-7,15H2,1H3,(H,16,19). The number of nitrogens with zero attached hydrogens (tertiary/aromatic N) is 2. The molecule has 0 saturated heterocycles. The van der Waals surface area contributed by atoms with Crippen molar-refractivity contribution in [2.24, 2.45) is 0 Å². The zero-order chi connectivity index (χ0) is 14.8. The molecule has 0 aliphatic heterocycles. The van der Waals surface area contributed by atoms with Crippen molar-refractivity contribution < 1.29 is 9.32 Å². The van der Waals surface area contributed by atoms with Gasteiger partial charge in [-0.25, -0.2) is 0 Å². The molecule has 0 aliphatic carbocycles. The third-order valence-corrected chi connectivity index (χ3v) is 4.22. The Balaban J connectivity index is 1.68. The van der Waals surface area contributed by atoms with E-state index in [-0.39, 0.29) is 5.91 Å². The minimum Gasteiger partial charge on any atom is -0.397 e. The van der Waals surface area contributed by atoms with Crippen LogP contribution < -0.4 is 11.1 Å². The number of fused-ring (bicyclic) bond motifs is 1. The van der Waals surface area contributed by atoms with Gasteiger partial charge in [-0.2, -0.15) is 4.98 Å². The summed E-state index contributed by atoms with van der Waals surface area (Å²) in [5, 5.41) is 7.44. The Morgan fingerprint density at radius 2 is 2.24 bits per heavy atom. The summed E-state index contributed by atoms with van der Waals surface area (Å²) in [5.74, 6) is 0.923. The topological polar surface area (TPSA) is 94.0 Å². The van der Waals surface area contributed by atoms with Gasteiger partial charge in [-0.15, -0.1) is 11.3 Å². The van der Waals surface area contributed by atoms with Gasteiger partial charge in [0.25, 0.3) is 5.91 Å². The Labute approximate surface area is 125 Å². The molecule has 2 heterocycles. The number of carbonyl (C=O) groups excluding carboxylic acids is 1. The Kier molecular flexibility index (Phi) is 3.57. The molecule has 2 aromatic heterocycles. The smallest absolute Gasteiger partial charge is 0.263 e. The summed E-state index contributed by atoms with van der Waals surface area (Å²) < 4.78 is 6.00. The van der Waals surface area contributed by atoms with E-state index in [2.05, 4.69) is 15.5 Å². The van der Waals surface area contributed by atoms with Crippen molar-refractivity contribution in [2.45, 2.75) is 13.3 Å². The van der Waals surface area contributed by atoms with E-state index in [1.807, 2.05) is 24.3 Å². The van der Waals surface area contributed by atoms with E-state index in [1.54, 1.807) is 6.92 Å². The average molecular weight is 302 g/mol. The molecule has 108 valence electrons. The number of aryl methyl sites for hydroxylation is 1. The summed E-state index contributed by atoms with van der Waals surface area (Å²) in [4.78, 5) is 16.8. The molecule has 0 aliphatic rings. The predicted molar refractivity (Wildman–Crippen MR) is 81.3 cm³/mol. The van der Waals surface area contributed by atoms with Crippen molar-refractivity contribution in [3.05, 3.63) is 40.9 Å². The molecular weight excluding hydrogens is 288 g/mol. The van der Waals surface area contributed by atoms with Crippen LogP contribution in [0.3, 0.4) is 0 Å². The molecule has 0 unspecified atom stereocenters.